The minimum atomic E-state index is 0.445. The molecule has 112 valence electrons. The predicted molar refractivity (Wildman–Crippen MR) is 87.7 cm³/mol. The standard InChI is InChI=1S/C17H22ClN3/c1-11(10-19)8-15-12(2)20-17(21-13(15)3)9-14-6-4-5-7-16(14)18/h4-7,11H,8-10,19H2,1-3H3. The fourth-order valence-corrected chi connectivity index (χ4v) is 2.63. The Labute approximate surface area is 131 Å². The Hall–Kier alpha value is -1.45. The van der Waals surface area contributed by atoms with Gasteiger partial charge in [0.2, 0.25) is 0 Å². The second-order valence-corrected chi connectivity index (χ2v) is 6.01. The van der Waals surface area contributed by atoms with Crippen molar-refractivity contribution >= 4 is 11.6 Å². The Morgan fingerprint density at radius 3 is 2.33 bits per heavy atom. The van der Waals surface area contributed by atoms with Gasteiger partial charge in [-0.15, -0.1) is 0 Å². The molecule has 0 amide bonds. The van der Waals surface area contributed by atoms with Gasteiger partial charge in [0.25, 0.3) is 0 Å². The summed E-state index contributed by atoms with van der Waals surface area (Å²) in [5, 5.41) is 0.761. The van der Waals surface area contributed by atoms with Gasteiger partial charge < -0.3 is 5.73 Å². The Morgan fingerprint density at radius 2 is 1.76 bits per heavy atom. The van der Waals surface area contributed by atoms with Crippen LogP contribution in [-0.2, 0) is 12.8 Å². The first-order valence-corrected chi connectivity index (χ1v) is 7.65. The number of halogens is 1. The van der Waals surface area contributed by atoms with E-state index in [0.29, 0.717) is 18.9 Å². The minimum Gasteiger partial charge on any atom is -0.330 e. The molecule has 2 aromatic rings. The number of nitrogens with zero attached hydrogens (tertiary/aromatic N) is 2. The normalized spacial score (nSPS) is 12.4. The third kappa shape index (κ3) is 4.02. The summed E-state index contributed by atoms with van der Waals surface area (Å²) in [6.07, 6.45) is 1.59. The molecular formula is C17H22ClN3. The first kappa shape index (κ1) is 15.9. The fraction of sp³-hybridized carbons (Fsp3) is 0.412. The molecule has 1 aromatic heterocycles. The van der Waals surface area contributed by atoms with E-state index in [1.807, 2.05) is 38.1 Å². The molecule has 1 unspecified atom stereocenters. The molecule has 0 aliphatic rings. The van der Waals surface area contributed by atoms with Crippen molar-refractivity contribution < 1.29 is 0 Å². The average Bonchev–Trinajstić information content (AvgIpc) is 2.45. The quantitative estimate of drug-likeness (QED) is 0.920. The van der Waals surface area contributed by atoms with Crippen LogP contribution in [0.5, 0.6) is 0 Å². The van der Waals surface area contributed by atoms with E-state index in [1.165, 1.54) is 5.56 Å². The Bertz CT molecular complexity index is 602. The fourth-order valence-electron chi connectivity index (χ4n) is 2.43. The summed E-state index contributed by atoms with van der Waals surface area (Å²) in [5.41, 5.74) is 10.1. The van der Waals surface area contributed by atoms with E-state index in [2.05, 4.69) is 16.9 Å². The predicted octanol–water partition coefficient (Wildman–Crippen LogP) is 3.47. The second-order valence-electron chi connectivity index (χ2n) is 5.60. The number of benzene rings is 1. The van der Waals surface area contributed by atoms with Crippen molar-refractivity contribution in [2.45, 2.75) is 33.6 Å². The zero-order valence-corrected chi connectivity index (χ0v) is 13.6. The molecule has 2 rings (SSSR count). The summed E-state index contributed by atoms with van der Waals surface area (Å²) >= 11 is 6.20. The molecule has 0 saturated heterocycles. The molecule has 0 saturated carbocycles. The highest BCUT2D eigenvalue weighted by molar-refractivity contribution is 6.31. The molecule has 1 heterocycles. The van der Waals surface area contributed by atoms with Crippen LogP contribution in [0.3, 0.4) is 0 Å². The lowest BCUT2D eigenvalue weighted by Crippen LogP contribution is -2.16. The monoisotopic (exact) mass is 303 g/mol. The maximum atomic E-state index is 6.20. The number of aromatic nitrogens is 2. The summed E-state index contributed by atoms with van der Waals surface area (Å²) in [6, 6.07) is 7.83. The number of rotatable bonds is 5. The Kier molecular flexibility index (Phi) is 5.32. The molecule has 2 N–H and O–H groups in total. The molecule has 0 radical (unpaired) electrons. The number of hydrogen-bond acceptors (Lipinski definition) is 3. The number of nitrogens with two attached hydrogens (primary N) is 1. The highest BCUT2D eigenvalue weighted by Gasteiger charge is 2.12. The van der Waals surface area contributed by atoms with Crippen LogP contribution in [0.2, 0.25) is 5.02 Å². The van der Waals surface area contributed by atoms with Gasteiger partial charge in [-0.2, -0.15) is 0 Å². The lowest BCUT2D eigenvalue weighted by molar-refractivity contribution is 0.584. The molecule has 21 heavy (non-hydrogen) atoms. The van der Waals surface area contributed by atoms with Crippen LogP contribution < -0.4 is 5.73 Å². The van der Waals surface area contributed by atoms with Gasteiger partial charge in [0, 0.05) is 22.8 Å². The Balaban J connectivity index is 2.26. The van der Waals surface area contributed by atoms with Crippen LogP contribution in [0, 0.1) is 19.8 Å². The van der Waals surface area contributed by atoms with Crippen molar-refractivity contribution in [1.29, 1.82) is 0 Å². The van der Waals surface area contributed by atoms with E-state index < -0.39 is 0 Å². The van der Waals surface area contributed by atoms with E-state index in [4.69, 9.17) is 17.3 Å². The van der Waals surface area contributed by atoms with Crippen molar-refractivity contribution in [3.63, 3.8) is 0 Å². The van der Waals surface area contributed by atoms with Gasteiger partial charge in [0.15, 0.2) is 0 Å². The SMILES string of the molecule is Cc1nc(Cc2ccccc2Cl)nc(C)c1CC(C)CN. The van der Waals surface area contributed by atoms with Gasteiger partial charge in [-0.1, -0.05) is 36.7 Å². The van der Waals surface area contributed by atoms with Crippen LogP contribution in [-0.4, -0.2) is 16.5 Å². The summed E-state index contributed by atoms with van der Waals surface area (Å²) in [4.78, 5) is 9.29. The third-order valence-electron chi connectivity index (χ3n) is 3.73. The number of hydrogen-bond donors (Lipinski definition) is 1. The molecule has 0 aliphatic heterocycles. The van der Waals surface area contributed by atoms with E-state index in [1.54, 1.807) is 0 Å². The molecule has 1 atom stereocenters. The third-order valence-corrected chi connectivity index (χ3v) is 4.10. The summed E-state index contributed by atoms with van der Waals surface area (Å²) < 4.78 is 0. The van der Waals surface area contributed by atoms with Gasteiger partial charge in [-0.3, -0.25) is 0 Å². The highest BCUT2D eigenvalue weighted by atomic mass is 35.5. The average molecular weight is 304 g/mol. The van der Waals surface area contributed by atoms with Gasteiger partial charge >= 0.3 is 0 Å². The van der Waals surface area contributed by atoms with Crippen LogP contribution >= 0.6 is 11.6 Å². The van der Waals surface area contributed by atoms with Crippen molar-refractivity contribution in [2.24, 2.45) is 11.7 Å². The summed E-state index contributed by atoms with van der Waals surface area (Å²) in [6.45, 7) is 6.92. The van der Waals surface area contributed by atoms with Crippen molar-refractivity contribution in [1.82, 2.24) is 9.97 Å². The molecule has 0 aliphatic carbocycles. The van der Waals surface area contributed by atoms with E-state index in [-0.39, 0.29) is 0 Å². The summed E-state index contributed by atoms with van der Waals surface area (Å²) in [7, 11) is 0. The first-order valence-electron chi connectivity index (χ1n) is 7.27. The van der Waals surface area contributed by atoms with E-state index in [0.717, 1.165) is 34.2 Å². The zero-order chi connectivity index (χ0) is 15.4. The topological polar surface area (TPSA) is 51.8 Å². The smallest absolute Gasteiger partial charge is 0.133 e. The van der Waals surface area contributed by atoms with Crippen LogP contribution in [0.4, 0.5) is 0 Å². The largest absolute Gasteiger partial charge is 0.330 e. The van der Waals surface area contributed by atoms with Crippen LogP contribution in [0.15, 0.2) is 24.3 Å². The Morgan fingerprint density at radius 1 is 1.14 bits per heavy atom. The maximum absolute atomic E-state index is 6.20. The molecule has 4 heteroatoms. The summed E-state index contributed by atoms with van der Waals surface area (Å²) in [5.74, 6) is 1.27. The van der Waals surface area contributed by atoms with E-state index >= 15 is 0 Å². The van der Waals surface area contributed by atoms with E-state index in [9.17, 15) is 0 Å². The van der Waals surface area contributed by atoms with Crippen molar-refractivity contribution in [3.8, 4) is 0 Å². The van der Waals surface area contributed by atoms with Gasteiger partial charge in [-0.25, -0.2) is 9.97 Å². The molecule has 1 aromatic carbocycles. The molecule has 0 fully saturated rings. The van der Waals surface area contributed by atoms with Crippen molar-refractivity contribution in [3.05, 3.63) is 57.6 Å². The van der Waals surface area contributed by atoms with Crippen LogP contribution in [0.1, 0.15) is 35.3 Å². The number of aryl methyl sites for hydroxylation is 2. The van der Waals surface area contributed by atoms with Crippen molar-refractivity contribution in [2.75, 3.05) is 6.54 Å². The molecule has 0 bridgehead atoms. The molecule has 0 spiro atoms. The lowest BCUT2D eigenvalue weighted by atomic mass is 9.99. The minimum absolute atomic E-state index is 0.445. The maximum Gasteiger partial charge on any atom is 0.133 e. The highest BCUT2D eigenvalue weighted by Crippen LogP contribution is 2.20. The van der Waals surface area contributed by atoms with Gasteiger partial charge in [0.1, 0.15) is 5.82 Å². The lowest BCUT2D eigenvalue weighted by Gasteiger charge is -2.14. The second kappa shape index (κ2) is 7.01. The first-order chi connectivity index (χ1) is 10.0. The van der Waals surface area contributed by atoms with Crippen LogP contribution in [0.25, 0.3) is 0 Å². The van der Waals surface area contributed by atoms with Gasteiger partial charge in [0.05, 0.1) is 0 Å². The molecular weight excluding hydrogens is 282 g/mol. The van der Waals surface area contributed by atoms with Gasteiger partial charge in [-0.05, 0) is 49.9 Å². The molecule has 3 nitrogen and oxygen atoms in total. The zero-order valence-electron chi connectivity index (χ0n) is 12.9.